The molecule has 1 heterocycles. The van der Waals surface area contributed by atoms with Gasteiger partial charge in [-0.3, -0.25) is 9.78 Å². The molecular formula is C28H27N3O3. The van der Waals surface area contributed by atoms with Gasteiger partial charge >= 0.3 is 5.97 Å². The van der Waals surface area contributed by atoms with E-state index in [4.69, 9.17) is 17.3 Å². The zero-order chi connectivity index (χ0) is 28.6. The van der Waals surface area contributed by atoms with Crippen molar-refractivity contribution in [2.75, 3.05) is 11.8 Å². The van der Waals surface area contributed by atoms with E-state index < -0.39 is 30.8 Å². The summed E-state index contributed by atoms with van der Waals surface area (Å²) in [6.07, 6.45) is 3.26. The predicted octanol–water partition coefficient (Wildman–Crippen LogP) is 4.89. The van der Waals surface area contributed by atoms with Crippen molar-refractivity contribution < 1.29 is 21.2 Å². The number of hydrogen-bond donors (Lipinski definition) is 2. The third-order valence-corrected chi connectivity index (χ3v) is 5.31. The van der Waals surface area contributed by atoms with Gasteiger partial charge in [-0.05, 0) is 60.2 Å². The average Bonchev–Trinajstić information content (AvgIpc) is 2.87. The number of amides is 1. The number of aryl methyl sites for hydroxylation is 2. The van der Waals surface area contributed by atoms with Gasteiger partial charge in [-0.25, -0.2) is 4.79 Å². The van der Waals surface area contributed by atoms with E-state index in [0.29, 0.717) is 11.3 Å². The number of nitrogens with zero attached hydrogens (tertiary/aromatic N) is 1. The Morgan fingerprint density at radius 2 is 1.85 bits per heavy atom. The van der Waals surface area contributed by atoms with Gasteiger partial charge in [0, 0.05) is 34.1 Å². The predicted molar refractivity (Wildman–Crippen MR) is 134 cm³/mol. The van der Waals surface area contributed by atoms with Gasteiger partial charge in [0.15, 0.2) is 0 Å². The first kappa shape index (κ1) is 17.4. The van der Waals surface area contributed by atoms with Crippen LogP contribution in [0.15, 0.2) is 79.1 Å². The molecule has 0 bridgehead atoms. The second-order valence-corrected chi connectivity index (χ2v) is 7.80. The molecule has 4 rings (SSSR count). The van der Waals surface area contributed by atoms with Crippen LogP contribution in [0.4, 0.5) is 5.69 Å². The summed E-state index contributed by atoms with van der Waals surface area (Å²) in [4.78, 5) is 30.0. The third kappa shape index (κ3) is 5.30. The van der Waals surface area contributed by atoms with Crippen LogP contribution >= 0.6 is 0 Å². The van der Waals surface area contributed by atoms with Gasteiger partial charge in [0.1, 0.15) is 6.56 Å². The molecule has 0 aliphatic carbocycles. The average molecular weight is 459 g/mol. The van der Waals surface area contributed by atoms with Crippen molar-refractivity contribution in [2.24, 2.45) is 5.73 Å². The number of fused-ring (bicyclic) bond motifs is 1. The van der Waals surface area contributed by atoms with Crippen LogP contribution in [0.3, 0.4) is 0 Å². The summed E-state index contributed by atoms with van der Waals surface area (Å²) >= 11 is 0. The first-order valence-corrected chi connectivity index (χ1v) is 10.6. The summed E-state index contributed by atoms with van der Waals surface area (Å²) in [5.41, 5.74) is 7.68. The standard InChI is InChI=1S/C28H27N3O3/c1-18-3-10-25(19(2)13-18)28(33)34-17-20-4-6-21(7-5-20)26(15-29)27(32)31-24-9-8-23-16-30-12-11-22(23)14-24/h3-14,16,26H,15,17,29H2,1-2H3,(H,31,32)/i15D2,17D2,26D. The Balaban J connectivity index is 1.59. The van der Waals surface area contributed by atoms with Crippen LogP contribution in [-0.4, -0.2) is 23.4 Å². The van der Waals surface area contributed by atoms with Crippen LogP contribution in [0.5, 0.6) is 0 Å². The van der Waals surface area contributed by atoms with Crippen LogP contribution in [0.25, 0.3) is 10.8 Å². The molecule has 6 nitrogen and oxygen atoms in total. The Morgan fingerprint density at radius 1 is 1.06 bits per heavy atom. The van der Waals surface area contributed by atoms with E-state index in [1.54, 1.807) is 61.8 Å². The van der Waals surface area contributed by atoms with Crippen molar-refractivity contribution in [3.05, 3.63) is 107 Å². The minimum absolute atomic E-state index is 0.0622. The Morgan fingerprint density at radius 3 is 2.59 bits per heavy atom. The highest BCUT2D eigenvalue weighted by Gasteiger charge is 2.19. The summed E-state index contributed by atoms with van der Waals surface area (Å²) in [6.45, 7) is -1.75. The second-order valence-electron chi connectivity index (χ2n) is 7.80. The fourth-order valence-electron chi connectivity index (χ4n) is 3.54. The molecule has 1 unspecified atom stereocenters. The van der Waals surface area contributed by atoms with Crippen molar-refractivity contribution in [3.63, 3.8) is 0 Å². The maximum atomic E-state index is 13.3. The molecule has 0 radical (unpaired) electrons. The van der Waals surface area contributed by atoms with E-state index in [-0.39, 0.29) is 16.7 Å². The lowest BCUT2D eigenvalue weighted by Crippen LogP contribution is -2.27. The first-order valence-electron chi connectivity index (χ1n) is 13.1. The van der Waals surface area contributed by atoms with Gasteiger partial charge in [-0.2, -0.15) is 0 Å². The fraction of sp³-hybridized carbons (Fsp3) is 0.179. The number of esters is 1. The zero-order valence-corrected chi connectivity index (χ0v) is 18.8. The molecular weight excluding hydrogens is 426 g/mol. The van der Waals surface area contributed by atoms with Crippen LogP contribution in [0.1, 0.15) is 45.4 Å². The first-order chi connectivity index (χ1) is 18.2. The van der Waals surface area contributed by atoms with Gasteiger partial charge in [0.05, 0.1) is 14.2 Å². The van der Waals surface area contributed by atoms with Crippen molar-refractivity contribution in [1.29, 1.82) is 0 Å². The Labute approximate surface area is 205 Å². The van der Waals surface area contributed by atoms with E-state index in [2.05, 4.69) is 10.3 Å². The highest BCUT2D eigenvalue weighted by atomic mass is 16.5. The van der Waals surface area contributed by atoms with Gasteiger partial charge in [0.25, 0.3) is 0 Å². The SMILES string of the molecule is [2H]C([2H])(OC(=O)c1ccc(C)cc1C)c1ccc(C([2H])(C(=O)Nc2ccc3cnccc3c2)C([2H])([2H])N)cc1. The third-order valence-electron chi connectivity index (χ3n) is 5.31. The van der Waals surface area contributed by atoms with Crippen LogP contribution in [-0.2, 0) is 16.1 Å². The molecule has 6 heteroatoms. The quantitative estimate of drug-likeness (QED) is 0.385. The zero-order valence-electron chi connectivity index (χ0n) is 23.8. The summed E-state index contributed by atoms with van der Waals surface area (Å²) in [5, 5.41) is 4.19. The number of anilines is 1. The maximum Gasteiger partial charge on any atom is 0.338 e. The minimum Gasteiger partial charge on any atom is -0.457 e. The van der Waals surface area contributed by atoms with E-state index in [0.717, 1.165) is 16.3 Å². The molecule has 0 aliphatic rings. The number of pyridine rings is 1. The Kier molecular flexibility index (Phi) is 5.27. The highest BCUT2D eigenvalue weighted by molar-refractivity contribution is 5.98. The summed E-state index contributed by atoms with van der Waals surface area (Å²) in [6, 6.07) is 16.7. The fourth-order valence-corrected chi connectivity index (χ4v) is 3.54. The second kappa shape index (κ2) is 10.3. The number of hydrogen-bond acceptors (Lipinski definition) is 5. The molecule has 1 aromatic heterocycles. The Hall–Kier alpha value is -4.03. The number of nitrogens with two attached hydrogens (primary N) is 1. The van der Waals surface area contributed by atoms with Gasteiger partial charge in [-0.1, -0.05) is 48.0 Å². The molecule has 0 fully saturated rings. The molecule has 1 atom stereocenters. The molecule has 0 spiro atoms. The lowest BCUT2D eigenvalue weighted by atomic mass is 9.97. The topological polar surface area (TPSA) is 94.3 Å². The summed E-state index contributed by atoms with van der Waals surface area (Å²) in [7, 11) is 0. The minimum atomic E-state index is -2.81. The van der Waals surface area contributed by atoms with Crippen LogP contribution < -0.4 is 11.1 Å². The van der Waals surface area contributed by atoms with Crippen molar-refractivity contribution in [2.45, 2.75) is 26.3 Å². The van der Waals surface area contributed by atoms with E-state index in [9.17, 15) is 9.59 Å². The normalized spacial score (nSPS) is 15.7. The van der Waals surface area contributed by atoms with Gasteiger partial charge in [0.2, 0.25) is 5.91 Å². The molecule has 172 valence electrons. The lowest BCUT2D eigenvalue weighted by Gasteiger charge is -2.16. The van der Waals surface area contributed by atoms with Crippen LogP contribution in [0, 0.1) is 13.8 Å². The number of aromatic nitrogens is 1. The molecule has 34 heavy (non-hydrogen) atoms. The molecule has 0 aliphatic heterocycles. The molecule has 0 saturated heterocycles. The summed E-state index contributed by atoms with van der Waals surface area (Å²) < 4.78 is 46.8. The van der Waals surface area contributed by atoms with E-state index in [1.807, 2.05) is 6.92 Å². The monoisotopic (exact) mass is 458 g/mol. The van der Waals surface area contributed by atoms with Gasteiger partial charge < -0.3 is 15.8 Å². The molecule has 4 aromatic rings. The van der Waals surface area contributed by atoms with Crippen molar-refractivity contribution in [1.82, 2.24) is 4.98 Å². The molecule has 3 N–H and O–H groups in total. The Bertz CT molecular complexity index is 1550. The smallest absolute Gasteiger partial charge is 0.338 e. The molecule has 1 amide bonds. The number of rotatable bonds is 7. The van der Waals surface area contributed by atoms with Crippen molar-refractivity contribution >= 4 is 28.3 Å². The number of ether oxygens (including phenoxy) is 1. The van der Waals surface area contributed by atoms with Crippen molar-refractivity contribution in [3.8, 4) is 0 Å². The van der Waals surface area contributed by atoms with E-state index >= 15 is 0 Å². The molecule has 0 saturated carbocycles. The summed E-state index contributed by atoms with van der Waals surface area (Å²) in [5.74, 6) is -4.46. The molecule has 3 aromatic carbocycles. The number of carbonyl (C=O) groups excluding carboxylic acids is 2. The number of nitrogens with one attached hydrogen (secondary N) is 1. The van der Waals surface area contributed by atoms with Crippen LogP contribution in [0.2, 0.25) is 0 Å². The highest BCUT2D eigenvalue weighted by Crippen LogP contribution is 2.22. The largest absolute Gasteiger partial charge is 0.457 e. The van der Waals surface area contributed by atoms with Gasteiger partial charge in [-0.15, -0.1) is 0 Å². The maximum absolute atomic E-state index is 13.3. The number of benzene rings is 3. The lowest BCUT2D eigenvalue weighted by molar-refractivity contribution is -0.117. The van der Waals surface area contributed by atoms with E-state index in [1.165, 1.54) is 24.3 Å². The number of carbonyl (C=O) groups is 2.